The third kappa shape index (κ3) is 2.40. The molecule has 4 nitrogen and oxygen atoms in total. The van der Waals surface area contributed by atoms with Crippen molar-refractivity contribution in [1.29, 1.82) is 0 Å². The Morgan fingerprint density at radius 2 is 2.18 bits per heavy atom. The van der Waals surface area contributed by atoms with Gasteiger partial charge in [0.1, 0.15) is 0 Å². The van der Waals surface area contributed by atoms with Gasteiger partial charge in [0.25, 0.3) is 0 Å². The third-order valence-corrected chi connectivity index (χ3v) is 3.00. The van der Waals surface area contributed by atoms with Crippen molar-refractivity contribution in [2.75, 3.05) is 11.9 Å². The van der Waals surface area contributed by atoms with E-state index in [1.54, 1.807) is 0 Å². The van der Waals surface area contributed by atoms with E-state index in [0.29, 0.717) is 0 Å². The number of aromatic nitrogens is 3. The lowest BCUT2D eigenvalue weighted by Gasteiger charge is -2.07. The highest BCUT2D eigenvalue weighted by molar-refractivity contribution is 5.91. The number of pyridine rings is 1. The van der Waals surface area contributed by atoms with Crippen LogP contribution in [0, 0.1) is 6.92 Å². The Morgan fingerprint density at radius 1 is 1.35 bits per heavy atom. The normalized spacial score (nSPS) is 11.0. The van der Waals surface area contributed by atoms with Gasteiger partial charge in [-0.05, 0) is 19.4 Å². The molecule has 0 unspecified atom stereocenters. The van der Waals surface area contributed by atoms with Gasteiger partial charge in [0, 0.05) is 25.5 Å². The van der Waals surface area contributed by atoms with Crippen molar-refractivity contribution in [2.24, 2.45) is 7.05 Å². The first-order chi connectivity index (χ1) is 8.24. The first-order valence-electron chi connectivity index (χ1n) is 6.26. The zero-order chi connectivity index (χ0) is 12.3. The van der Waals surface area contributed by atoms with E-state index in [0.717, 1.165) is 29.0 Å². The summed E-state index contributed by atoms with van der Waals surface area (Å²) in [5, 5.41) is 9.04. The second-order valence-corrected chi connectivity index (χ2v) is 4.40. The van der Waals surface area contributed by atoms with Crippen molar-refractivity contribution in [3.8, 4) is 0 Å². The minimum absolute atomic E-state index is 0.947. The van der Waals surface area contributed by atoms with Crippen LogP contribution in [0.5, 0.6) is 0 Å². The quantitative estimate of drug-likeness (QED) is 0.806. The van der Waals surface area contributed by atoms with Crippen molar-refractivity contribution in [3.63, 3.8) is 0 Å². The predicted molar refractivity (Wildman–Crippen MR) is 71.3 cm³/mol. The molecule has 0 spiro atoms. The standard InChI is InChI=1S/C13H20N4/c1-4-5-6-8-14-11-7-9-15-13-12(11)10(2)16-17(13)3/h7,9H,4-6,8H2,1-3H3,(H,14,15). The minimum atomic E-state index is 0.947. The van der Waals surface area contributed by atoms with Crippen LogP contribution >= 0.6 is 0 Å². The van der Waals surface area contributed by atoms with Crippen molar-refractivity contribution in [2.45, 2.75) is 33.1 Å². The van der Waals surface area contributed by atoms with E-state index in [1.807, 2.05) is 30.9 Å². The summed E-state index contributed by atoms with van der Waals surface area (Å²) in [5.74, 6) is 0. The lowest BCUT2D eigenvalue weighted by molar-refractivity contribution is 0.744. The smallest absolute Gasteiger partial charge is 0.159 e. The van der Waals surface area contributed by atoms with Crippen LogP contribution < -0.4 is 5.32 Å². The van der Waals surface area contributed by atoms with Crippen LogP contribution in [0.3, 0.4) is 0 Å². The van der Waals surface area contributed by atoms with Crippen LogP contribution in [0.15, 0.2) is 12.3 Å². The van der Waals surface area contributed by atoms with Gasteiger partial charge in [-0.15, -0.1) is 0 Å². The van der Waals surface area contributed by atoms with Gasteiger partial charge in [0.05, 0.1) is 11.1 Å². The van der Waals surface area contributed by atoms with Crippen LogP contribution in [0.1, 0.15) is 31.9 Å². The van der Waals surface area contributed by atoms with Crippen molar-refractivity contribution < 1.29 is 0 Å². The molecule has 0 fully saturated rings. The molecule has 0 aliphatic carbocycles. The zero-order valence-corrected chi connectivity index (χ0v) is 10.8. The fraction of sp³-hybridized carbons (Fsp3) is 0.538. The highest BCUT2D eigenvalue weighted by atomic mass is 15.3. The lowest BCUT2D eigenvalue weighted by Crippen LogP contribution is -2.02. The van der Waals surface area contributed by atoms with Gasteiger partial charge in [-0.3, -0.25) is 4.68 Å². The van der Waals surface area contributed by atoms with Crippen LogP contribution in [-0.2, 0) is 7.05 Å². The summed E-state index contributed by atoms with van der Waals surface area (Å²) >= 11 is 0. The predicted octanol–water partition coefficient (Wildman–Crippen LogP) is 2.88. The number of aryl methyl sites for hydroxylation is 2. The number of fused-ring (bicyclic) bond motifs is 1. The number of rotatable bonds is 5. The summed E-state index contributed by atoms with van der Waals surface area (Å²) < 4.78 is 1.84. The van der Waals surface area contributed by atoms with E-state index < -0.39 is 0 Å². The van der Waals surface area contributed by atoms with E-state index in [2.05, 4.69) is 22.3 Å². The number of nitrogens with one attached hydrogen (secondary N) is 1. The Bertz CT molecular complexity index is 501. The molecule has 2 aromatic rings. The molecular weight excluding hydrogens is 212 g/mol. The second kappa shape index (κ2) is 5.17. The molecule has 2 heterocycles. The van der Waals surface area contributed by atoms with Gasteiger partial charge in [-0.25, -0.2) is 4.98 Å². The molecule has 92 valence electrons. The summed E-state index contributed by atoms with van der Waals surface area (Å²) in [6.07, 6.45) is 5.57. The Hall–Kier alpha value is -1.58. The third-order valence-electron chi connectivity index (χ3n) is 3.00. The maximum absolute atomic E-state index is 4.41. The van der Waals surface area contributed by atoms with Crippen molar-refractivity contribution in [1.82, 2.24) is 14.8 Å². The van der Waals surface area contributed by atoms with Crippen molar-refractivity contribution >= 4 is 16.7 Å². The monoisotopic (exact) mass is 232 g/mol. The average molecular weight is 232 g/mol. The average Bonchev–Trinajstić information content (AvgIpc) is 2.62. The van der Waals surface area contributed by atoms with Crippen LogP contribution in [0.25, 0.3) is 11.0 Å². The van der Waals surface area contributed by atoms with Gasteiger partial charge < -0.3 is 5.32 Å². The number of hydrogen-bond donors (Lipinski definition) is 1. The zero-order valence-electron chi connectivity index (χ0n) is 10.8. The summed E-state index contributed by atoms with van der Waals surface area (Å²) in [7, 11) is 1.93. The highest BCUT2D eigenvalue weighted by Crippen LogP contribution is 2.24. The summed E-state index contributed by atoms with van der Waals surface area (Å²) in [6, 6.07) is 2.03. The van der Waals surface area contributed by atoms with Crippen LogP contribution in [0.4, 0.5) is 5.69 Å². The van der Waals surface area contributed by atoms with E-state index in [1.165, 1.54) is 19.3 Å². The summed E-state index contributed by atoms with van der Waals surface area (Å²) in [4.78, 5) is 4.37. The van der Waals surface area contributed by atoms with Gasteiger partial charge in [-0.1, -0.05) is 19.8 Å². The van der Waals surface area contributed by atoms with E-state index >= 15 is 0 Å². The maximum Gasteiger partial charge on any atom is 0.159 e. The molecule has 0 atom stereocenters. The summed E-state index contributed by atoms with van der Waals surface area (Å²) in [6.45, 7) is 5.26. The first kappa shape index (κ1) is 11.9. The van der Waals surface area contributed by atoms with Crippen LogP contribution in [0.2, 0.25) is 0 Å². The molecule has 0 amide bonds. The first-order valence-corrected chi connectivity index (χ1v) is 6.26. The molecular formula is C13H20N4. The molecule has 0 saturated carbocycles. The van der Waals surface area contributed by atoms with Gasteiger partial charge in [0.2, 0.25) is 0 Å². The largest absolute Gasteiger partial charge is 0.384 e. The molecule has 0 saturated heterocycles. The fourth-order valence-electron chi connectivity index (χ4n) is 2.12. The Labute approximate surface area is 102 Å². The second-order valence-electron chi connectivity index (χ2n) is 4.40. The summed E-state index contributed by atoms with van der Waals surface area (Å²) in [5.41, 5.74) is 3.13. The van der Waals surface area contributed by atoms with Crippen molar-refractivity contribution in [3.05, 3.63) is 18.0 Å². The highest BCUT2D eigenvalue weighted by Gasteiger charge is 2.09. The number of anilines is 1. The molecule has 1 N–H and O–H groups in total. The topological polar surface area (TPSA) is 42.7 Å². The van der Waals surface area contributed by atoms with Gasteiger partial charge in [0.15, 0.2) is 5.65 Å². The van der Waals surface area contributed by atoms with E-state index in [4.69, 9.17) is 0 Å². The number of nitrogens with zero attached hydrogens (tertiary/aromatic N) is 3. The number of unbranched alkanes of at least 4 members (excludes halogenated alkanes) is 2. The van der Waals surface area contributed by atoms with Crippen LogP contribution in [-0.4, -0.2) is 21.3 Å². The Kier molecular flexibility index (Phi) is 3.61. The van der Waals surface area contributed by atoms with E-state index in [9.17, 15) is 0 Å². The molecule has 17 heavy (non-hydrogen) atoms. The molecule has 0 aliphatic rings. The molecule has 0 radical (unpaired) electrons. The molecule has 0 aliphatic heterocycles. The van der Waals surface area contributed by atoms with E-state index in [-0.39, 0.29) is 0 Å². The molecule has 2 rings (SSSR count). The molecule has 0 aromatic carbocycles. The molecule has 0 bridgehead atoms. The maximum atomic E-state index is 4.41. The Balaban J connectivity index is 2.22. The number of hydrogen-bond acceptors (Lipinski definition) is 3. The lowest BCUT2D eigenvalue weighted by atomic mass is 10.2. The Morgan fingerprint density at radius 3 is 2.94 bits per heavy atom. The fourth-order valence-corrected chi connectivity index (χ4v) is 2.12. The minimum Gasteiger partial charge on any atom is -0.384 e. The SMILES string of the molecule is CCCCCNc1ccnc2c1c(C)nn2C. The molecule has 2 aromatic heterocycles. The van der Waals surface area contributed by atoms with Gasteiger partial charge >= 0.3 is 0 Å². The van der Waals surface area contributed by atoms with Gasteiger partial charge in [-0.2, -0.15) is 5.10 Å². The molecule has 4 heteroatoms.